The minimum absolute atomic E-state index is 0.219. The van der Waals surface area contributed by atoms with E-state index >= 15 is 0 Å². The van der Waals surface area contributed by atoms with Gasteiger partial charge in [-0.1, -0.05) is 30.2 Å². The molecule has 5 rings (SSSR count). The van der Waals surface area contributed by atoms with Crippen LogP contribution < -0.4 is 15.5 Å². The number of hydrogen-bond acceptors (Lipinski definition) is 9. The summed E-state index contributed by atoms with van der Waals surface area (Å²) in [5, 5.41) is 16.6. The molecule has 0 atom stereocenters. The number of nitrogens with one attached hydrogen (secondary N) is 2. The maximum atomic E-state index is 11.4. The van der Waals surface area contributed by atoms with E-state index in [0.717, 1.165) is 66.5 Å². The van der Waals surface area contributed by atoms with Crippen molar-refractivity contribution >= 4 is 40.0 Å². The normalized spacial score (nSPS) is 15.7. The van der Waals surface area contributed by atoms with Gasteiger partial charge in [0.05, 0.1) is 5.69 Å². The molecule has 166 valence electrons. The minimum Gasteiger partial charge on any atom is -0.477 e. The van der Waals surface area contributed by atoms with E-state index in [9.17, 15) is 9.90 Å². The molecule has 3 aromatic heterocycles. The van der Waals surface area contributed by atoms with E-state index in [1.807, 2.05) is 12.3 Å². The summed E-state index contributed by atoms with van der Waals surface area (Å²) >= 11 is 1.09. The zero-order valence-corrected chi connectivity index (χ0v) is 18.7. The predicted molar refractivity (Wildman–Crippen MR) is 124 cm³/mol. The van der Waals surface area contributed by atoms with Crippen molar-refractivity contribution in [2.24, 2.45) is 0 Å². The summed E-state index contributed by atoms with van der Waals surface area (Å²) in [5.74, 6) is 1.21. The van der Waals surface area contributed by atoms with E-state index in [2.05, 4.69) is 31.6 Å². The van der Waals surface area contributed by atoms with Crippen LogP contribution >= 0.6 is 11.3 Å². The highest BCUT2D eigenvalue weighted by Gasteiger charge is 2.28. The highest BCUT2D eigenvalue weighted by Crippen LogP contribution is 2.36. The van der Waals surface area contributed by atoms with Crippen LogP contribution in [0, 0.1) is 6.92 Å². The van der Waals surface area contributed by atoms with Gasteiger partial charge in [-0.15, -0.1) is 0 Å². The van der Waals surface area contributed by atoms with Crippen LogP contribution in [-0.2, 0) is 13.0 Å². The summed E-state index contributed by atoms with van der Waals surface area (Å²) in [6.07, 6.45) is 9.30. The maximum absolute atomic E-state index is 11.4. The summed E-state index contributed by atoms with van der Waals surface area (Å²) in [4.78, 5) is 32.0. The van der Waals surface area contributed by atoms with Gasteiger partial charge in [0, 0.05) is 37.1 Å². The van der Waals surface area contributed by atoms with Crippen molar-refractivity contribution in [3.8, 4) is 0 Å². The lowest BCUT2D eigenvalue weighted by atomic mass is 10.2. The zero-order valence-electron chi connectivity index (χ0n) is 17.8. The number of fused-ring (bicyclic) bond motifs is 1. The van der Waals surface area contributed by atoms with Crippen LogP contribution in [0.25, 0.3) is 0 Å². The Labute approximate surface area is 190 Å². The van der Waals surface area contributed by atoms with E-state index in [1.54, 1.807) is 13.1 Å². The highest BCUT2D eigenvalue weighted by atomic mass is 32.1. The number of aromatic carboxylic acids is 1. The van der Waals surface area contributed by atoms with Gasteiger partial charge in [0.2, 0.25) is 5.95 Å². The Hall–Kier alpha value is -3.27. The lowest BCUT2D eigenvalue weighted by molar-refractivity contribution is 0.0701. The van der Waals surface area contributed by atoms with Crippen molar-refractivity contribution in [3.05, 3.63) is 46.2 Å². The zero-order chi connectivity index (χ0) is 22.1. The van der Waals surface area contributed by atoms with Gasteiger partial charge >= 0.3 is 5.97 Å². The largest absolute Gasteiger partial charge is 0.477 e. The number of thiazole rings is 1. The monoisotopic (exact) mass is 451 g/mol. The number of carbonyl (C=O) groups is 1. The van der Waals surface area contributed by atoms with Gasteiger partial charge in [0.1, 0.15) is 16.5 Å². The fourth-order valence-corrected chi connectivity index (χ4v) is 5.16. The van der Waals surface area contributed by atoms with Crippen molar-refractivity contribution in [1.29, 1.82) is 0 Å². The number of anilines is 4. The molecule has 1 fully saturated rings. The lowest BCUT2D eigenvalue weighted by Crippen LogP contribution is -2.21. The number of carboxylic acids is 1. The topological polar surface area (TPSA) is 116 Å². The standard InChI is InChI=1S/C22H25N7O2S/c1-13-17(20(30)31)32-22(24-13)28-21-26-18(25-15-6-2-3-7-15)16-8-10-29(19(16)27-21)12-14-5-4-9-23-11-14/h4-5,9,11,15H,2-3,6-8,10,12H2,1H3,(H,30,31)(H2,24,25,26,27,28). The van der Waals surface area contributed by atoms with Crippen LogP contribution in [0.3, 0.4) is 0 Å². The Kier molecular flexibility index (Phi) is 5.60. The van der Waals surface area contributed by atoms with Gasteiger partial charge in [-0.3, -0.25) is 10.3 Å². The first kappa shape index (κ1) is 20.6. The Morgan fingerprint density at radius 1 is 1.28 bits per heavy atom. The van der Waals surface area contributed by atoms with Gasteiger partial charge in [-0.05, 0) is 37.8 Å². The van der Waals surface area contributed by atoms with Crippen LogP contribution in [-0.4, -0.2) is 43.6 Å². The molecule has 0 unspecified atom stereocenters. The fraction of sp³-hybridized carbons (Fsp3) is 0.409. The second-order valence-electron chi connectivity index (χ2n) is 8.22. The van der Waals surface area contributed by atoms with Crippen molar-refractivity contribution < 1.29 is 9.90 Å². The molecule has 4 heterocycles. The average molecular weight is 452 g/mol. The van der Waals surface area contributed by atoms with E-state index in [1.165, 1.54) is 12.8 Å². The molecule has 1 aliphatic heterocycles. The molecular weight excluding hydrogens is 426 g/mol. The molecule has 0 bridgehead atoms. The number of pyridine rings is 1. The highest BCUT2D eigenvalue weighted by molar-refractivity contribution is 7.17. The van der Waals surface area contributed by atoms with Crippen LogP contribution in [0.4, 0.5) is 22.7 Å². The summed E-state index contributed by atoms with van der Waals surface area (Å²) in [6, 6.07) is 4.43. The molecule has 3 aromatic rings. The molecule has 1 aliphatic carbocycles. The second kappa shape index (κ2) is 8.70. The van der Waals surface area contributed by atoms with Crippen molar-refractivity contribution in [3.63, 3.8) is 0 Å². The van der Waals surface area contributed by atoms with Crippen LogP contribution in [0.1, 0.15) is 52.2 Å². The van der Waals surface area contributed by atoms with Crippen LogP contribution in [0.5, 0.6) is 0 Å². The van der Waals surface area contributed by atoms with Gasteiger partial charge in [0.25, 0.3) is 0 Å². The number of aromatic nitrogens is 4. The number of hydrogen-bond donors (Lipinski definition) is 3. The maximum Gasteiger partial charge on any atom is 0.347 e. The molecule has 3 N–H and O–H groups in total. The third-order valence-electron chi connectivity index (χ3n) is 5.92. The summed E-state index contributed by atoms with van der Waals surface area (Å²) < 4.78 is 0. The smallest absolute Gasteiger partial charge is 0.347 e. The Balaban J connectivity index is 1.47. The molecule has 2 aliphatic rings. The number of carboxylic acid groups (broad SMARTS) is 1. The van der Waals surface area contributed by atoms with Crippen LogP contribution in [0.2, 0.25) is 0 Å². The Morgan fingerprint density at radius 2 is 2.12 bits per heavy atom. The van der Waals surface area contributed by atoms with Crippen molar-refractivity contribution in [2.45, 2.75) is 51.6 Å². The first-order chi connectivity index (χ1) is 15.6. The summed E-state index contributed by atoms with van der Waals surface area (Å²) in [7, 11) is 0. The quantitative estimate of drug-likeness (QED) is 0.490. The average Bonchev–Trinajstić information content (AvgIpc) is 3.50. The van der Waals surface area contributed by atoms with Gasteiger partial charge in [-0.2, -0.15) is 9.97 Å². The SMILES string of the molecule is Cc1nc(Nc2nc(NC3CCCC3)c3c(n2)N(Cc2cccnc2)CC3)sc1C(=O)O. The first-order valence-corrected chi connectivity index (χ1v) is 11.7. The Bertz CT molecular complexity index is 1130. The van der Waals surface area contributed by atoms with E-state index in [0.29, 0.717) is 22.8 Å². The molecule has 0 amide bonds. The fourth-order valence-electron chi connectivity index (χ4n) is 4.37. The molecule has 0 radical (unpaired) electrons. The molecule has 0 aromatic carbocycles. The first-order valence-electron chi connectivity index (χ1n) is 10.9. The molecular formula is C22H25N7O2S. The third-order valence-corrected chi connectivity index (χ3v) is 6.98. The number of rotatable bonds is 7. The summed E-state index contributed by atoms with van der Waals surface area (Å²) in [6.45, 7) is 3.28. The number of nitrogens with zero attached hydrogens (tertiary/aromatic N) is 5. The summed E-state index contributed by atoms with van der Waals surface area (Å²) in [5.41, 5.74) is 2.74. The van der Waals surface area contributed by atoms with E-state index in [4.69, 9.17) is 9.97 Å². The third kappa shape index (κ3) is 4.22. The lowest BCUT2D eigenvalue weighted by Gasteiger charge is -2.20. The predicted octanol–water partition coefficient (Wildman–Crippen LogP) is 4.00. The molecule has 32 heavy (non-hydrogen) atoms. The Morgan fingerprint density at radius 3 is 2.84 bits per heavy atom. The van der Waals surface area contributed by atoms with Gasteiger partial charge in [-0.25, -0.2) is 9.78 Å². The van der Waals surface area contributed by atoms with Crippen molar-refractivity contribution in [1.82, 2.24) is 19.9 Å². The van der Waals surface area contributed by atoms with Crippen LogP contribution in [0.15, 0.2) is 24.5 Å². The van der Waals surface area contributed by atoms with Gasteiger partial charge < -0.3 is 15.3 Å². The minimum atomic E-state index is -0.978. The molecule has 9 nitrogen and oxygen atoms in total. The number of aryl methyl sites for hydroxylation is 1. The molecule has 0 saturated heterocycles. The van der Waals surface area contributed by atoms with E-state index < -0.39 is 5.97 Å². The molecule has 10 heteroatoms. The van der Waals surface area contributed by atoms with Gasteiger partial charge in [0.15, 0.2) is 5.13 Å². The van der Waals surface area contributed by atoms with E-state index in [-0.39, 0.29) is 4.88 Å². The molecule has 1 saturated carbocycles. The second-order valence-corrected chi connectivity index (χ2v) is 9.22. The van der Waals surface area contributed by atoms with Crippen molar-refractivity contribution in [2.75, 3.05) is 22.1 Å². The molecule has 0 spiro atoms.